The molecule has 2 rings (SSSR count). The highest BCUT2D eigenvalue weighted by Gasteiger charge is 2.16. The van der Waals surface area contributed by atoms with Crippen LogP contribution in [0.3, 0.4) is 0 Å². The third kappa shape index (κ3) is 3.98. The molecule has 0 saturated carbocycles. The Labute approximate surface area is 125 Å². The summed E-state index contributed by atoms with van der Waals surface area (Å²) in [5.74, 6) is 0.488. The van der Waals surface area contributed by atoms with E-state index in [4.69, 9.17) is 4.74 Å². The summed E-state index contributed by atoms with van der Waals surface area (Å²) in [5, 5.41) is 0. The van der Waals surface area contributed by atoms with Crippen LogP contribution in [-0.2, 0) is 15.8 Å². The maximum absolute atomic E-state index is 12.3. The van der Waals surface area contributed by atoms with Gasteiger partial charge in [0.05, 0.1) is 18.6 Å². The second kappa shape index (κ2) is 6.18. The molecule has 0 aliphatic rings. The summed E-state index contributed by atoms with van der Waals surface area (Å²) >= 11 is 0. The summed E-state index contributed by atoms with van der Waals surface area (Å²) in [6, 6.07) is 12.8. The molecule has 0 fully saturated rings. The molecule has 0 bridgehead atoms. The number of rotatable bonds is 5. The highest BCUT2D eigenvalue weighted by Crippen LogP contribution is 2.31. The van der Waals surface area contributed by atoms with Crippen LogP contribution in [0.25, 0.3) is 0 Å². The van der Waals surface area contributed by atoms with E-state index in [2.05, 4.69) is 4.72 Å². The molecule has 2 aromatic carbocycles. The molecular formula is C16H19NO3S. The largest absolute Gasteiger partial charge is 0.494 e. The summed E-state index contributed by atoms with van der Waals surface area (Å²) in [6.45, 7) is 3.81. The number of anilines is 1. The van der Waals surface area contributed by atoms with Gasteiger partial charge in [-0.15, -0.1) is 0 Å². The van der Waals surface area contributed by atoms with Crippen molar-refractivity contribution in [1.29, 1.82) is 0 Å². The standard InChI is InChI=1S/C16H19NO3S/c1-12-9-13(2)16(20-3)15(10-12)17-21(18,19)11-14-7-5-4-6-8-14/h4-10,17H,11H2,1-3H3. The van der Waals surface area contributed by atoms with Crippen molar-refractivity contribution in [3.05, 3.63) is 59.2 Å². The molecule has 112 valence electrons. The van der Waals surface area contributed by atoms with Crippen molar-refractivity contribution in [2.75, 3.05) is 11.8 Å². The average Bonchev–Trinajstić information content (AvgIpc) is 2.38. The van der Waals surface area contributed by atoms with E-state index >= 15 is 0 Å². The molecule has 0 saturated heterocycles. The normalized spacial score (nSPS) is 11.2. The molecule has 21 heavy (non-hydrogen) atoms. The SMILES string of the molecule is COc1c(C)cc(C)cc1NS(=O)(=O)Cc1ccccc1. The van der Waals surface area contributed by atoms with Gasteiger partial charge >= 0.3 is 0 Å². The summed E-state index contributed by atoms with van der Waals surface area (Å²) in [4.78, 5) is 0. The molecular weight excluding hydrogens is 286 g/mol. The van der Waals surface area contributed by atoms with Gasteiger partial charge in [-0.2, -0.15) is 0 Å². The van der Waals surface area contributed by atoms with Crippen LogP contribution in [0.4, 0.5) is 5.69 Å². The molecule has 5 heteroatoms. The Kier molecular flexibility index (Phi) is 4.53. The molecule has 0 spiro atoms. The highest BCUT2D eigenvalue weighted by molar-refractivity contribution is 7.91. The first-order valence-electron chi connectivity index (χ1n) is 6.61. The minimum Gasteiger partial charge on any atom is -0.494 e. The number of hydrogen-bond acceptors (Lipinski definition) is 3. The number of hydrogen-bond donors (Lipinski definition) is 1. The first-order valence-corrected chi connectivity index (χ1v) is 8.26. The predicted molar refractivity (Wildman–Crippen MR) is 85.2 cm³/mol. The maximum Gasteiger partial charge on any atom is 0.237 e. The molecule has 4 nitrogen and oxygen atoms in total. The molecule has 0 aliphatic heterocycles. The Hall–Kier alpha value is -2.01. The lowest BCUT2D eigenvalue weighted by molar-refractivity contribution is 0.413. The zero-order valence-electron chi connectivity index (χ0n) is 12.4. The van der Waals surface area contributed by atoms with Crippen molar-refractivity contribution in [1.82, 2.24) is 0 Å². The van der Waals surface area contributed by atoms with E-state index < -0.39 is 10.0 Å². The number of sulfonamides is 1. The molecule has 0 amide bonds. The predicted octanol–water partition coefficient (Wildman–Crippen LogP) is 3.25. The number of benzene rings is 2. The second-order valence-corrected chi connectivity index (χ2v) is 6.73. The van der Waals surface area contributed by atoms with Gasteiger partial charge < -0.3 is 4.74 Å². The average molecular weight is 305 g/mol. The van der Waals surface area contributed by atoms with Gasteiger partial charge in [-0.1, -0.05) is 36.4 Å². The van der Waals surface area contributed by atoms with Crippen LogP contribution in [0, 0.1) is 13.8 Å². The van der Waals surface area contributed by atoms with E-state index in [1.165, 1.54) is 7.11 Å². The lowest BCUT2D eigenvalue weighted by Crippen LogP contribution is -2.16. The van der Waals surface area contributed by atoms with Crippen molar-refractivity contribution >= 4 is 15.7 Å². The van der Waals surface area contributed by atoms with Crippen LogP contribution in [0.15, 0.2) is 42.5 Å². The Morgan fingerprint density at radius 2 is 1.76 bits per heavy atom. The van der Waals surface area contributed by atoms with Gasteiger partial charge in [-0.05, 0) is 36.6 Å². The van der Waals surface area contributed by atoms with Crippen LogP contribution in [-0.4, -0.2) is 15.5 Å². The molecule has 0 unspecified atom stereocenters. The lowest BCUT2D eigenvalue weighted by atomic mass is 10.1. The van der Waals surface area contributed by atoms with E-state index in [0.717, 1.165) is 16.7 Å². The smallest absolute Gasteiger partial charge is 0.237 e. The fourth-order valence-electron chi connectivity index (χ4n) is 2.30. The molecule has 2 aromatic rings. The zero-order valence-corrected chi connectivity index (χ0v) is 13.2. The zero-order chi connectivity index (χ0) is 15.5. The molecule has 1 N–H and O–H groups in total. The van der Waals surface area contributed by atoms with Crippen molar-refractivity contribution in [2.45, 2.75) is 19.6 Å². The van der Waals surface area contributed by atoms with Gasteiger partial charge in [0.2, 0.25) is 10.0 Å². The van der Waals surface area contributed by atoms with Gasteiger partial charge in [0, 0.05) is 0 Å². The topological polar surface area (TPSA) is 55.4 Å². The molecule has 0 heterocycles. The Morgan fingerprint density at radius 3 is 2.38 bits per heavy atom. The monoisotopic (exact) mass is 305 g/mol. The fourth-order valence-corrected chi connectivity index (χ4v) is 3.49. The van der Waals surface area contributed by atoms with Gasteiger partial charge in [0.25, 0.3) is 0 Å². The fraction of sp³-hybridized carbons (Fsp3) is 0.250. The van der Waals surface area contributed by atoms with Crippen molar-refractivity contribution in [2.24, 2.45) is 0 Å². The third-order valence-corrected chi connectivity index (χ3v) is 4.33. The lowest BCUT2D eigenvalue weighted by Gasteiger charge is -2.15. The Balaban J connectivity index is 2.29. The Bertz CT molecular complexity index is 725. The minimum atomic E-state index is -3.48. The number of nitrogens with one attached hydrogen (secondary N) is 1. The number of aryl methyl sites for hydroxylation is 2. The summed E-state index contributed by atoms with van der Waals surface area (Å²) < 4.78 is 32.5. The quantitative estimate of drug-likeness (QED) is 0.922. The molecule has 0 aliphatic carbocycles. The van der Waals surface area contributed by atoms with Crippen LogP contribution in [0.5, 0.6) is 5.75 Å². The molecule has 0 atom stereocenters. The first-order chi connectivity index (χ1) is 9.91. The summed E-state index contributed by atoms with van der Waals surface area (Å²) in [5.41, 5.74) is 3.10. The molecule has 0 radical (unpaired) electrons. The second-order valence-electron chi connectivity index (χ2n) is 5.01. The van der Waals surface area contributed by atoms with Gasteiger partial charge in [-0.3, -0.25) is 4.72 Å². The third-order valence-electron chi connectivity index (χ3n) is 3.09. The first kappa shape index (κ1) is 15.4. The van der Waals surface area contributed by atoms with E-state index in [1.807, 2.05) is 38.1 Å². The minimum absolute atomic E-state index is 0.0655. The van der Waals surface area contributed by atoms with Gasteiger partial charge in [0.1, 0.15) is 5.75 Å². The van der Waals surface area contributed by atoms with Gasteiger partial charge in [0.15, 0.2) is 0 Å². The van der Waals surface area contributed by atoms with Crippen LogP contribution >= 0.6 is 0 Å². The highest BCUT2D eigenvalue weighted by atomic mass is 32.2. The van der Waals surface area contributed by atoms with Crippen LogP contribution in [0.2, 0.25) is 0 Å². The number of ether oxygens (including phenoxy) is 1. The number of methoxy groups -OCH3 is 1. The van der Waals surface area contributed by atoms with E-state index in [-0.39, 0.29) is 5.75 Å². The molecule has 0 aromatic heterocycles. The van der Waals surface area contributed by atoms with Crippen molar-refractivity contribution in [3.8, 4) is 5.75 Å². The maximum atomic E-state index is 12.3. The van der Waals surface area contributed by atoms with Crippen molar-refractivity contribution < 1.29 is 13.2 Å². The summed E-state index contributed by atoms with van der Waals surface area (Å²) in [7, 11) is -1.95. The van der Waals surface area contributed by atoms with Crippen LogP contribution < -0.4 is 9.46 Å². The van der Waals surface area contributed by atoms with E-state index in [9.17, 15) is 8.42 Å². The Morgan fingerprint density at radius 1 is 1.10 bits per heavy atom. The van der Waals surface area contributed by atoms with E-state index in [1.54, 1.807) is 18.2 Å². The van der Waals surface area contributed by atoms with E-state index in [0.29, 0.717) is 11.4 Å². The van der Waals surface area contributed by atoms with Crippen LogP contribution in [0.1, 0.15) is 16.7 Å². The summed E-state index contributed by atoms with van der Waals surface area (Å²) in [6.07, 6.45) is 0. The van der Waals surface area contributed by atoms with Crippen molar-refractivity contribution in [3.63, 3.8) is 0 Å². The van der Waals surface area contributed by atoms with Gasteiger partial charge in [-0.25, -0.2) is 8.42 Å².